The van der Waals surface area contributed by atoms with Gasteiger partial charge in [-0.2, -0.15) is 5.26 Å². The zero-order valence-corrected chi connectivity index (χ0v) is 11.8. The molecule has 0 aliphatic heterocycles. The number of nitrogens with zero attached hydrogens (tertiary/aromatic N) is 1. The van der Waals surface area contributed by atoms with Gasteiger partial charge < -0.3 is 9.73 Å². The lowest BCUT2D eigenvalue weighted by Crippen LogP contribution is -2.30. The van der Waals surface area contributed by atoms with E-state index in [1.807, 2.05) is 42.5 Å². The molecule has 0 aliphatic rings. The lowest BCUT2D eigenvalue weighted by molar-refractivity contribution is 0.457. The molecule has 20 heavy (non-hydrogen) atoms. The minimum Gasteiger partial charge on any atom is -0.469 e. The molecule has 1 aromatic heterocycles. The molecule has 0 radical (unpaired) electrons. The van der Waals surface area contributed by atoms with Crippen LogP contribution >= 0.6 is 0 Å². The quantitative estimate of drug-likeness (QED) is 0.836. The Labute approximate surface area is 120 Å². The second kappa shape index (κ2) is 7.52. The van der Waals surface area contributed by atoms with Crippen molar-refractivity contribution in [3.8, 4) is 6.07 Å². The van der Waals surface area contributed by atoms with Crippen LogP contribution in [0.5, 0.6) is 0 Å². The first-order chi connectivity index (χ1) is 9.79. The second-order valence-electron chi connectivity index (χ2n) is 5.02. The van der Waals surface area contributed by atoms with Gasteiger partial charge in [0.25, 0.3) is 0 Å². The summed E-state index contributed by atoms with van der Waals surface area (Å²) < 4.78 is 5.32. The molecule has 104 valence electrons. The maximum Gasteiger partial charge on any atom is 0.103 e. The molecule has 3 nitrogen and oxygen atoms in total. The molecule has 1 N–H and O–H groups in total. The third-order valence-electron chi connectivity index (χ3n) is 3.43. The van der Waals surface area contributed by atoms with Crippen molar-refractivity contribution in [1.29, 1.82) is 5.26 Å². The van der Waals surface area contributed by atoms with Gasteiger partial charge in [0, 0.05) is 19.0 Å². The molecule has 0 saturated carbocycles. The normalized spacial score (nSPS) is 13.6. The number of hydrogen-bond acceptors (Lipinski definition) is 3. The summed E-state index contributed by atoms with van der Waals surface area (Å²) in [5.74, 6) is 0.917. The van der Waals surface area contributed by atoms with Crippen LogP contribution in [0, 0.1) is 11.3 Å². The first-order valence-electron chi connectivity index (χ1n) is 7.00. The van der Waals surface area contributed by atoms with Gasteiger partial charge in [-0.1, -0.05) is 30.3 Å². The zero-order chi connectivity index (χ0) is 14.2. The molecule has 2 unspecified atom stereocenters. The van der Waals surface area contributed by atoms with E-state index < -0.39 is 0 Å². The Morgan fingerprint density at radius 1 is 1.20 bits per heavy atom. The minimum atomic E-state index is -0.0951. The molecule has 3 heteroatoms. The van der Waals surface area contributed by atoms with E-state index in [2.05, 4.69) is 18.3 Å². The topological polar surface area (TPSA) is 49.0 Å². The molecular weight excluding hydrogens is 248 g/mol. The van der Waals surface area contributed by atoms with Crippen LogP contribution in [0.25, 0.3) is 0 Å². The van der Waals surface area contributed by atoms with E-state index in [-0.39, 0.29) is 5.92 Å². The molecule has 0 spiro atoms. The van der Waals surface area contributed by atoms with Crippen molar-refractivity contribution in [2.75, 3.05) is 6.54 Å². The Morgan fingerprint density at radius 2 is 2.00 bits per heavy atom. The highest BCUT2D eigenvalue weighted by molar-refractivity contribution is 5.25. The molecule has 1 aromatic carbocycles. The van der Waals surface area contributed by atoms with E-state index in [9.17, 15) is 5.26 Å². The van der Waals surface area contributed by atoms with Gasteiger partial charge in [-0.25, -0.2) is 0 Å². The molecule has 0 saturated heterocycles. The molecule has 1 heterocycles. The molecular formula is C17H20N2O. The molecule has 2 rings (SSSR count). The summed E-state index contributed by atoms with van der Waals surface area (Å²) in [6.45, 7) is 2.82. The molecule has 2 atom stereocenters. The van der Waals surface area contributed by atoms with Gasteiger partial charge >= 0.3 is 0 Å². The van der Waals surface area contributed by atoms with Crippen molar-refractivity contribution >= 4 is 0 Å². The van der Waals surface area contributed by atoms with E-state index >= 15 is 0 Å². The molecule has 0 fully saturated rings. The smallest absolute Gasteiger partial charge is 0.103 e. The van der Waals surface area contributed by atoms with Crippen LogP contribution in [-0.4, -0.2) is 12.6 Å². The number of furan rings is 1. The number of nitrogens with one attached hydrogen (secondary N) is 1. The van der Waals surface area contributed by atoms with E-state index in [0.29, 0.717) is 12.6 Å². The van der Waals surface area contributed by atoms with Gasteiger partial charge in [-0.05, 0) is 31.0 Å². The highest BCUT2D eigenvalue weighted by atomic mass is 16.3. The molecule has 0 amide bonds. The predicted octanol–water partition coefficient (Wildman–Crippen LogP) is 3.50. The Balaban J connectivity index is 1.77. The van der Waals surface area contributed by atoms with Crippen molar-refractivity contribution in [1.82, 2.24) is 5.32 Å². The van der Waals surface area contributed by atoms with Crippen molar-refractivity contribution in [3.05, 3.63) is 60.1 Å². The number of aryl methyl sites for hydroxylation is 1. The average molecular weight is 268 g/mol. The van der Waals surface area contributed by atoms with Crippen molar-refractivity contribution < 1.29 is 4.42 Å². The van der Waals surface area contributed by atoms with Crippen LogP contribution in [0.3, 0.4) is 0 Å². The predicted molar refractivity (Wildman–Crippen MR) is 79.3 cm³/mol. The number of nitriles is 1. The standard InChI is InChI=1S/C17H20N2O/c1-14(9-10-17-8-5-11-20-17)19-13-16(12-18)15-6-3-2-4-7-15/h2-8,11,14,16,19H,9-10,13H2,1H3. The summed E-state index contributed by atoms with van der Waals surface area (Å²) >= 11 is 0. The third kappa shape index (κ3) is 4.25. The van der Waals surface area contributed by atoms with Crippen molar-refractivity contribution in [2.45, 2.75) is 31.7 Å². The van der Waals surface area contributed by atoms with Crippen LogP contribution in [0.2, 0.25) is 0 Å². The summed E-state index contributed by atoms with van der Waals surface area (Å²) in [6.07, 6.45) is 3.62. The van der Waals surface area contributed by atoms with Gasteiger partial charge in [0.05, 0.1) is 18.3 Å². The van der Waals surface area contributed by atoms with Crippen LogP contribution in [0.15, 0.2) is 53.1 Å². The van der Waals surface area contributed by atoms with Crippen LogP contribution < -0.4 is 5.32 Å². The van der Waals surface area contributed by atoms with Crippen LogP contribution in [-0.2, 0) is 6.42 Å². The molecule has 0 aliphatic carbocycles. The second-order valence-corrected chi connectivity index (χ2v) is 5.02. The SMILES string of the molecule is CC(CCc1ccco1)NCC(C#N)c1ccccc1. The van der Waals surface area contributed by atoms with E-state index in [4.69, 9.17) is 4.42 Å². The summed E-state index contributed by atoms with van der Waals surface area (Å²) in [5, 5.41) is 12.7. The fourth-order valence-corrected chi connectivity index (χ4v) is 2.16. The Morgan fingerprint density at radius 3 is 2.65 bits per heavy atom. The first kappa shape index (κ1) is 14.4. The fraction of sp³-hybridized carbons (Fsp3) is 0.353. The van der Waals surface area contributed by atoms with E-state index in [1.165, 1.54) is 0 Å². The largest absolute Gasteiger partial charge is 0.469 e. The minimum absolute atomic E-state index is 0.0951. The van der Waals surface area contributed by atoms with Gasteiger partial charge in [0.2, 0.25) is 0 Å². The fourth-order valence-electron chi connectivity index (χ4n) is 2.16. The number of rotatable bonds is 7. The summed E-state index contributed by atoms with van der Waals surface area (Å²) in [4.78, 5) is 0. The van der Waals surface area contributed by atoms with Crippen molar-refractivity contribution in [3.63, 3.8) is 0 Å². The highest BCUT2D eigenvalue weighted by Crippen LogP contribution is 2.14. The number of benzene rings is 1. The first-order valence-corrected chi connectivity index (χ1v) is 7.00. The Hall–Kier alpha value is -2.05. The lowest BCUT2D eigenvalue weighted by Gasteiger charge is -2.16. The van der Waals surface area contributed by atoms with Crippen molar-refractivity contribution in [2.24, 2.45) is 0 Å². The lowest BCUT2D eigenvalue weighted by atomic mass is 10.00. The molecule has 2 aromatic rings. The van der Waals surface area contributed by atoms with Crippen LogP contribution in [0.4, 0.5) is 0 Å². The zero-order valence-electron chi connectivity index (χ0n) is 11.8. The third-order valence-corrected chi connectivity index (χ3v) is 3.43. The Bertz CT molecular complexity index is 528. The summed E-state index contributed by atoms with van der Waals surface area (Å²) in [6, 6.07) is 16.5. The monoisotopic (exact) mass is 268 g/mol. The van der Waals surface area contributed by atoms with Gasteiger partial charge in [-0.15, -0.1) is 0 Å². The van der Waals surface area contributed by atoms with Crippen LogP contribution in [0.1, 0.15) is 30.6 Å². The maximum atomic E-state index is 9.27. The molecule has 0 bridgehead atoms. The summed E-state index contributed by atoms with van der Waals surface area (Å²) in [5.41, 5.74) is 1.07. The van der Waals surface area contributed by atoms with Gasteiger partial charge in [-0.3, -0.25) is 0 Å². The Kier molecular flexibility index (Phi) is 5.40. The summed E-state index contributed by atoms with van der Waals surface area (Å²) in [7, 11) is 0. The van der Waals surface area contributed by atoms with Gasteiger partial charge in [0.1, 0.15) is 5.76 Å². The van der Waals surface area contributed by atoms with E-state index in [1.54, 1.807) is 6.26 Å². The maximum absolute atomic E-state index is 9.27. The van der Waals surface area contributed by atoms with Gasteiger partial charge in [0.15, 0.2) is 0 Å². The average Bonchev–Trinajstić information content (AvgIpc) is 3.00. The highest BCUT2D eigenvalue weighted by Gasteiger charge is 2.11. The number of hydrogen-bond donors (Lipinski definition) is 1. The van der Waals surface area contributed by atoms with E-state index in [0.717, 1.165) is 24.2 Å².